The number of aliphatic imine (C=N–C) groups is 2. The zero-order valence-corrected chi connectivity index (χ0v) is 27.0. The summed E-state index contributed by atoms with van der Waals surface area (Å²) in [7, 11) is 0. The van der Waals surface area contributed by atoms with Crippen LogP contribution in [0, 0.1) is 0 Å². The molecule has 11 rings (SSSR count). The van der Waals surface area contributed by atoms with Gasteiger partial charge in [-0.1, -0.05) is 115 Å². The molecule has 0 radical (unpaired) electrons. The first-order valence-corrected chi connectivity index (χ1v) is 16.9. The minimum absolute atomic E-state index is 0.369. The molecule has 0 saturated carbocycles. The Morgan fingerprint density at radius 3 is 2.06 bits per heavy atom. The van der Waals surface area contributed by atoms with E-state index in [2.05, 4.69) is 118 Å². The van der Waals surface area contributed by atoms with Crippen LogP contribution in [0.3, 0.4) is 0 Å². The van der Waals surface area contributed by atoms with Gasteiger partial charge in [-0.2, -0.15) is 0 Å². The Morgan fingerprint density at radius 1 is 0.560 bits per heavy atom. The van der Waals surface area contributed by atoms with Crippen molar-refractivity contribution in [2.45, 2.75) is 6.67 Å². The number of hydrogen-bond donors (Lipinski definition) is 0. The van der Waals surface area contributed by atoms with Gasteiger partial charge in [0.05, 0.1) is 38.9 Å². The maximum absolute atomic E-state index is 6.46. The van der Waals surface area contributed by atoms with Gasteiger partial charge in [-0.3, -0.25) is 4.99 Å². The van der Waals surface area contributed by atoms with E-state index in [1.54, 1.807) is 0 Å². The molecule has 0 N–H and O–H groups in total. The van der Waals surface area contributed by atoms with E-state index in [1.165, 1.54) is 59.6 Å². The van der Waals surface area contributed by atoms with Crippen LogP contribution in [-0.2, 0) is 6.67 Å². The molecule has 7 aromatic carbocycles. The van der Waals surface area contributed by atoms with Gasteiger partial charge < -0.3 is 13.7 Å². The summed E-state index contributed by atoms with van der Waals surface area (Å²) in [6.07, 6.45) is 0. The topological polar surface area (TPSA) is 43.3 Å². The lowest BCUT2D eigenvalue weighted by atomic mass is 10.0. The summed E-state index contributed by atoms with van der Waals surface area (Å²) in [5, 5.41) is 9.96. The molecule has 0 unspecified atom stereocenters. The molecule has 50 heavy (non-hydrogen) atoms. The van der Waals surface area contributed by atoms with Gasteiger partial charge in [-0.05, 0) is 42.4 Å². The molecule has 0 atom stereocenters. The lowest BCUT2D eigenvalue weighted by Gasteiger charge is -2.09. The zero-order chi connectivity index (χ0) is 32.9. The summed E-state index contributed by atoms with van der Waals surface area (Å²) in [6.45, 7) is 4.33. The maximum atomic E-state index is 6.46. The monoisotopic (exact) mass is 640 g/mol. The van der Waals surface area contributed by atoms with E-state index >= 15 is 0 Å². The molecule has 5 heteroatoms. The average Bonchev–Trinajstić information content (AvgIpc) is 3.90. The molecule has 0 aliphatic carbocycles. The van der Waals surface area contributed by atoms with Gasteiger partial charge in [-0.15, -0.1) is 0 Å². The Labute approximate surface area is 286 Å². The first-order chi connectivity index (χ1) is 24.8. The molecule has 5 nitrogen and oxygen atoms in total. The molecule has 1 aliphatic heterocycles. The predicted molar refractivity (Wildman–Crippen MR) is 209 cm³/mol. The molecule has 4 heterocycles. The van der Waals surface area contributed by atoms with Crippen LogP contribution in [0.25, 0.3) is 81.9 Å². The minimum atomic E-state index is 0.369. The van der Waals surface area contributed by atoms with Gasteiger partial charge in [-0.25, -0.2) is 4.99 Å². The Bertz CT molecular complexity index is 3110. The van der Waals surface area contributed by atoms with Crippen molar-refractivity contribution in [3.8, 4) is 5.75 Å². The van der Waals surface area contributed by atoms with Crippen molar-refractivity contribution in [2.24, 2.45) is 9.98 Å². The molecular weight excluding hydrogens is 613 g/mol. The molecule has 0 bridgehead atoms. The second kappa shape index (κ2) is 10.1. The summed E-state index contributed by atoms with van der Waals surface area (Å²) in [5.74, 6) is 1.31. The SMILES string of the molecule is C=N/C(=C1\C(=N/Cn2c3ccccc3c3cc4ccc5c6cccc7c8ccccc8n(c5c4cc32)c76)Oc2ccccc21)c1ccccc1. The molecular formula is C45H28N4O. The van der Waals surface area contributed by atoms with E-state index in [4.69, 9.17) is 9.73 Å². The largest absolute Gasteiger partial charge is 0.438 e. The number of nitrogens with zero attached hydrogens (tertiary/aromatic N) is 4. The van der Waals surface area contributed by atoms with Gasteiger partial charge in [0.1, 0.15) is 12.4 Å². The Hall–Kier alpha value is -6.72. The fourth-order valence-electron chi connectivity index (χ4n) is 8.35. The zero-order valence-electron chi connectivity index (χ0n) is 27.0. The van der Waals surface area contributed by atoms with Gasteiger partial charge in [0.25, 0.3) is 0 Å². The molecule has 0 fully saturated rings. The number of rotatable bonds is 4. The molecule has 0 amide bonds. The molecule has 10 aromatic rings. The fourth-order valence-corrected chi connectivity index (χ4v) is 8.35. The standard InChI is InChI=1S/C45H28N4O/c1-46-42(27-12-3-2-4-13-27)41-34-16-7-10-21-40(34)50-45(41)47-26-48-37-19-8-5-15-30(37)36-24-28-22-23-33-32-18-11-17-31-29-14-6-9-20-38(29)49(43(31)32)44(33)35(28)25-39(36)48/h2-25H,1,26H2/b42-41-,47-45+. The van der Waals surface area contributed by atoms with Crippen LogP contribution in [0.1, 0.15) is 11.1 Å². The van der Waals surface area contributed by atoms with Crippen LogP contribution in [-0.4, -0.2) is 21.6 Å². The lowest BCUT2D eigenvalue weighted by Crippen LogP contribution is -2.07. The first kappa shape index (κ1) is 27.3. The van der Waals surface area contributed by atoms with Gasteiger partial charge in [0.2, 0.25) is 5.90 Å². The van der Waals surface area contributed by atoms with Gasteiger partial charge in [0, 0.05) is 48.8 Å². The third-order valence-corrected chi connectivity index (χ3v) is 10.5. The summed E-state index contributed by atoms with van der Waals surface area (Å²) < 4.78 is 11.3. The second-order valence-corrected chi connectivity index (χ2v) is 13.0. The van der Waals surface area contributed by atoms with Crippen molar-refractivity contribution >= 4 is 94.6 Å². The average molecular weight is 641 g/mol. The highest BCUT2D eigenvalue weighted by Gasteiger charge is 2.29. The van der Waals surface area contributed by atoms with Crippen molar-refractivity contribution in [3.05, 3.63) is 157 Å². The highest BCUT2D eigenvalue weighted by molar-refractivity contribution is 6.31. The van der Waals surface area contributed by atoms with Crippen LogP contribution in [0.5, 0.6) is 5.75 Å². The smallest absolute Gasteiger partial charge is 0.226 e. The van der Waals surface area contributed by atoms with Crippen molar-refractivity contribution < 1.29 is 4.74 Å². The third-order valence-electron chi connectivity index (χ3n) is 10.5. The van der Waals surface area contributed by atoms with Crippen molar-refractivity contribution in [2.75, 3.05) is 0 Å². The number of hydrogen-bond acceptors (Lipinski definition) is 3. The van der Waals surface area contributed by atoms with E-state index in [9.17, 15) is 0 Å². The highest BCUT2D eigenvalue weighted by atomic mass is 16.5. The minimum Gasteiger partial charge on any atom is -0.438 e. The van der Waals surface area contributed by atoms with Gasteiger partial charge in [0.15, 0.2) is 0 Å². The quantitative estimate of drug-likeness (QED) is 0.177. The Balaban J connectivity index is 1.18. The van der Waals surface area contributed by atoms with E-state index in [0.29, 0.717) is 12.6 Å². The van der Waals surface area contributed by atoms with E-state index in [0.717, 1.165) is 39.2 Å². The summed E-state index contributed by atoms with van der Waals surface area (Å²) in [5.41, 5.74) is 9.55. The van der Waals surface area contributed by atoms with Crippen LogP contribution in [0.15, 0.2) is 156 Å². The molecule has 0 spiro atoms. The Morgan fingerprint density at radius 2 is 1.22 bits per heavy atom. The van der Waals surface area contributed by atoms with Crippen molar-refractivity contribution in [3.63, 3.8) is 0 Å². The number of fused-ring (bicyclic) bond motifs is 12. The molecule has 3 aromatic heterocycles. The summed E-state index contributed by atoms with van der Waals surface area (Å²) >= 11 is 0. The predicted octanol–water partition coefficient (Wildman–Crippen LogP) is 11.1. The third kappa shape index (κ3) is 3.61. The lowest BCUT2D eigenvalue weighted by molar-refractivity contribution is 0.561. The number of benzene rings is 7. The highest BCUT2D eigenvalue weighted by Crippen LogP contribution is 2.44. The second-order valence-electron chi connectivity index (χ2n) is 13.0. The van der Waals surface area contributed by atoms with Crippen LogP contribution in [0.2, 0.25) is 0 Å². The van der Waals surface area contributed by atoms with Crippen molar-refractivity contribution in [1.82, 2.24) is 8.97 Å². The maximum Gasteiger partial charge on any atom is 0.226 e. The molecule has 0 saturated heterocycles. The Kier molecular flexibility index (Phi) is 5.53. The molecule has 234 valence electrons. The first-order valence-electron chi connectivity index (χ1n) is 16.9. The molecule has 1 aliphatic rings. The fraction of sp³-hybridized carbons (Fsp3) is 0.0222. The number of ether oxygens (including phenoxy) is 1. The summed E-state index contributed by atoms with van der Waals surface area (Å²) in [6, 6.07) is 51.5. The van der Waals surface area contributed by atoms with Crippen molar-refractivity contribution in [1.29, 1.82) is 0 Å². The van der Waals surface area contributed by atoms with Gasteiger partial charge >= 0.3 is 0 Å². The summed E-state index contributed by atoms with van der Waals surface area (Å²) in [4.78, 5) is 9.72. The number of aromatic nitrogens is 2. The van der Waals surface area contributed by atoms with Crippen LogP contribution in [0.4, 0.5) is 0 Å². The van der Waals surface area contributed by atoms with Crippen LogP contribution >= 0.6 is 0 Å². The number of para-hydroxylation sites is 4. The van der Waals surface area contributed by atoms with E-state index < -0.39 is 0 Å². The normalized spacial score (nSPS) is 15.0. The van der Waals surface area contributed by atoms with E-state index in [-0.39, 0.29) is 0 Å². The van der Waals surface area contributed by atoms with Crippen LogP contribution < -0.4 is 4.74 Å². The van der Waals surface area contributed by atoms with E-state index in [1.807, 2.05) is 48.5 Å².